The topological polar surface area (TPSA) is 108 Å². The normalized spacial score (nSPS) is 14.8. The fourth-order valence-corrected chi connectivity index (χ4v) is 6.52. The van der Waals surface area contributed by atoms with Crippen LogP contribution in [-0.4, -0.2) is 68.5 Å². The number of rotatable bonds is 37. The van der Waals surface area contributed by atoms with Crippen LogP contribution < -0.4 is 10.2 Å². The standard InChI is InChI=1S/C41H81N2O6P/c1-6-8-10-12-14-16-17-18-19-20-21-22-23-24-25-26-27-29-31-33-35-41(45)42-39(38-49-50(46,47)48-37-36-43(3,4)5)40(44)34-32-30-28-15-13-11-9-7-2/h13,15,32,34,39-40,44H,6-12,14,16-31,33,35-38H2,1-5H3,(H-,42,45,46,47)/b15-13+,34-32+. The van der Waals surface area contributed by atoms with E-state index in [1.165, 1.54) is 122 Å². The van der Waals surface area contributed by atoms with E-state index < -0.39 is 26.6 Å². The van der Waals surface area contributed by atoms with Gasteiger partial charge in [-0.3, -0.25) is 9.36 Å². The maximum Gasteiger partial charge on any atom is 0.268 e. The molecule has 0 rings (SSSR count). The zero-order chi connectivity index (χ0) is 37.2. The second-order valence-electron chi connectivity index (χ2n) is 15.3. The van der Waals surface area contributed by atoms with Gasteiger partial charge in [-0.25, -0.2) is 0 Å². The number of likely N-dealkylation sites (N-methyl/N-ethyl adjacent to an activating group) is 1. The lowest BCUT2D eigenvalue weighted by molar-refractivity contribution is -0.870. The van der Waals surface area contributed by atoms with Crippen molar-refractivity contribution in [3.63, 3.8) is 0 Å². The van der Waals surface area contributed by atoms with Crippen LogP contribution in [0.2, 0.25) is 0 Å². The minimum absolute atomic E-state index is 0.00499. The third-order valence-electron chi connectivity index (χ3n) is 9.16. The molecule has 50 heavy (non-hydrogen) atoms. The van der Waals surface area contributed by atoms with Crippen LogP contribution in [0.4, 0.5) is 0 Å². The number of phosphoric acid groups is 1. The zero-order valence-electron chi connectivity index (χ0n) is 33.4. The van der Waals surface area contributed by atoms with E-state index >= 15 is 0 Å². The summed E-state index contributed by atoms with van der Waals surface area (Å²) < 4.78 is 23.0. The molecule has 0 saturated heterocycles. The number of carbonyl (C=O) groups excluding carboxylic acids is 1. The summed E-state index contributed by atoms with van der Waals surface area (Å²) in [6.45, 7) is 4.55. The smallest absolute Gasteiger partial charge is 0.268 e. The molecule has 0 aromatic carbocycles. The number of phosphoric ester groups is 1. The van der Waals surface area contributed by atoms with Crippen molar-refractivity contribution in [2.45, 2.75) is 193 Å². The molecule has 0 bridgehead atoms. The number of unbranched alkanes of at least 4 members (excludes halogenated alkanes) is 22. The molecule has 0 spiro atoms. The van der Waals surface area contributed by atoms with Crippen molar-refractivity contribution in [2.75, 3.05) is 40.9 Å². The maximum atomic E-state index is 12.8. The predicted molar refractivity (Wildman–Crippen MR) is 210 cm³/mol. The fraction of sp³-hybridized carbons (Fsp3) is 0.878. The second-order valence-corrected chi connectivity index (χ2v) is 16.8. The summed E-state index contributed by atoms with van der Waals surface area (Å²) in [4.78, 5) is 25.1. The molecule has 0 aromatic rings. The van der Waals surface area contributed by atoms with E-state index in [1.807, 2.05) is 27.2 Å². The Morgan fingerprint density at radius 3 is 1.60 bits per heavy atom. The van der Waals surface area contributed by atoms with Crippen LogP contribution in [0.3, 0.4) is 0 Å². The highest BCUT2D eigenvalue weighted by Gasteiger charge is 2.23. The fourth-order valence-electron chi connectivity index (χ4n) is 5.80. The summed E-state index contributed by atoms with van der Waals surface area (Å²) in [5.74, 6) is -0.209. The summed E-state index contributed by atoms with van der Waals surface area (Å²) in [5, 5.41) is 13.6. The van der Waals surface area contributed by atoms with E-state index in [4.69, 9.17) is 9.05 Å². The van der Waals surface area contributed by atoms with Gasteiger partial charge in [-0.05, 0) is 25.7 Å². The molecule has 0 aliphatic rings. The average molecular weight is 729 g/mol. The summed E-state index contributed by atoms with van der Waals surface area (Å²) in [5.41, 5.74) is 0. The second kappa shape index (κ2) is 33.8. The SMILES string of the molecule is CCCC/C=C/CC/C=C/C(O)C(COP(=O)([O-])OCC[N+](C)(C)C)NC(=O)CCCCCCCCCCCCCCCCCCCCCC. The monoisotopic (exact) mass is 729 g/mol. The number of allylic oxidation sites excluding steroid dienone is 3. The van der Waals surface area contributed by atoms with Crippen LogP contribution in [0.1, 0.15) is 181 Å². The highest BCUT2D eigenvalue weighted by Crippen LogP contribution is 2.38. The number of quaternary nitrogens is 1. The Hall–Kier alpha value is -1.02. The van der Waals surface area contributed by atoms with Gasteiger partial charge in [-0.2, -0.15) is 0 Å². The minimum atomic E-state index is -4.58. The maximum absolute atomic E-state index is 12.8. The minimum Gasteiger partial charge on any atom is -0.756 e. The summed E-state index contributed by atoms with van der Waals surface area (Å²) in [6.07, 6.45) is 38.2. The zero-order valence-corrected chi connectivity index (χ0v) is 34.2. The summed E-state index contributed by atoms with van der Waals surface area (Å²) in [7, 11) is 1.24. The van der Waals surface area contributed by atoms with Crippen molar-refractivity contribution in [1.29, 1.82) is 0 Å². The third kappa shape index (κ3) is 35.4. The number of aliphatic hydroxyl groups excluding tert-OH is 1. The molecule has 3 atom stereocenters. The van der Waals surface area contributed by atoms with Crippen molar-refractivity contribution in [2.24, 2.45) is 0 Å². The molecular weight excluding hydrogens is 647 g/mol. The Kier molecular flexibility index (Phi) is 33.1. The quantitative estimate of drug-likeness (QED) is 0.0285. The van der Waals surface area contributed by atoms with Gasteiger partial charge in [0, 0.05) is 6.42 Å². The molecule has 0 radical (unpaired) electrons. The molecule has 9 heteroatoms. The van der Waals surface area contributed by atoms with Crippen LogP contribution in [-0.2, 0) is 18.4 Å². The van der Waals surface area contributed by atoms with Gasteiger partial charge in [0.1, 0.15) is 13.2 Å². The van der Waals surface area contributed by atoms with Crippen LogP contribution in [0.15, 0.2) is 24.3 Å². The lowest BCUT2D eigenvalue weighted by Gasteiger charge is -2.29. The molecule has 8 nitrogen and oxygen atoms in total. The molecule has 296 valence electrons. The van der Waals surface area contributed by atoms with Gasteiger partial charge in [-0.1, -0.05) is 173 Å². The van der Waals surface area contributed by atoms with Gasteiger partial charge in [0.05, 0.1) is 39.9 Å². The Bertz CT molecular complexity index is 876. The Morgan fingerprint density at radius 2 is 1.12 bits per heavy atom. The first-order valence-electron chi connectivity index (χ1n) is 20.7. The van der Waals surface area contributed by atoms with Gasteiger partial charge >= 0.3 is 0 Å². The van der Waals surface area contributed by atoms with E-state index in [0.29, 0.717) is 17.4 Å². The molecule has 0 aliphatic carbocycles. The van der Waals surface area contributed by atoms with Crippen LogP contribution in [0.5, 0.6) is 0 Å². The van der Waals surface area contributed by atoms with Crippen molar-refractivity contribution in [1.82, 2.24) is 5.32 Å². The van der Waals surface area contributed by atoms with Crippen molar-refractivity contribution < 1.29 is 32.9 Å². The summed E-state index contributed by atoms with van der Waals surface area (Å²) in [6, 6.07) is -0.895. The van der Waals surface area contributed by atoms with Gasteiger partial charge in [0.25, 0.3) is 7.82 Å². The van der Waals surface area contributed by atoms with Crippen LogP contribution >= 0.6 is 7.82 Å². The van der Waals surface area contributed by atoms with Gasteiger partial charge in [0.2, 0.25) is 5.91 Å². The Morgan fingerprint density at radius 1 is 0.680 bits per heavy atom. The first-order chi connectivity index (χ1) is 24.0. The van der Waals surface area contributed by atoms with E-state index in [-0.39, 0.29) is 12.5 Å². The molecular formula is C41H81N2O6P. The van der Waals surface area contributed by atoms with Crippen molar-refractivity contribution in [3.8, 4) is 0 Å². The van der Waals surface area contributed by atoms with E-state index in [0.717, 1.165) is 38.5 Å². The molecule has 2 N–H and O–H groups in total. The molecule has 1 amide bonds. The van der Waals surface area contributed by atoms with Crippen molar-refractivity contribution in [3.05, 3.63) is 24.3 Å². The summed E-state index contributed by atoms with van der Waals surface area (Å²) >= 11 is 0. The number of carbonyl (C=O) groups is 1. The highest BCUT2D eigenvalue weighted by molar-refractivity contribution is 7.45. The molecule has 3 unspecified atom stereocenters. The lowest BCUT2D eigenvalue weighted by Crippen LogP contribution is -2.45. The van der Waals surface area contributed by atoms with Gasteiger partial charge in [-0.15, -0.1) is 0 Å². The molecule has 0 fully saturated rings. The van der Waals surface area contributed by atoms with E-state index in [1.54, 1.807) is 6.08 Å². The number of amides is 1. The third-order valence-corrected chi connectivity index (χ3v) is 10.1. The van der Waals surface area contributed by atoms with Crippen molar-refractivity contribution >= 4 is 13.7 Å². The number of hydrogen-bond acceptors (Lipinski definition) is 6. The Balaban J connectivity index is 4.25. The Labute approximate surface area is 309 Å². The van der Waals surface area contributed by atoms with Gasteiger partial charge in [0.15, 0.2) is 0 Å². The highest BCUT2D eigenvalue weighted by atomic mass is 31.2. The predicted octanol–water partition coefficient (Wildman–Crippen LogP) is 10.3. The number of hydrogen-bond donors (Lipinski definition) is 2. The van der Waals surface area contributed by atoms with Crippen LogP contribution in [0, 0.1) is 0 Å². The van der Waals surface area contributed by atoms with Crippen LogP contribution in [0.25, 0.3) is 0 Å². The number of aliphatic hydroxyl groups is 1. The number of nitrogens with zero attached hydrogens (tertiary/aromatic N) is 1. The first-order valence-corrected chi connectivity index (χ1v) is 22.2. The van der Waals surface area contributed by atoms with Gasteiger partial charge < -0.3 is 28.8 Å². The average Bonchev–Trinajstić information content (AvgIpc) is 3.06. The van der Waals surface area contributed by atoms with E-state index in [9.17, 15) is 19.4 Å². The van der Waals surface area contributed by atoms with E-state index in [2.05, 4.69) is 31.3 Å². The number of nitrogens with one attached hydrogen (secondary N) is 1. The first kappa shape index (κ1) is 49.0. The molecule has 0 saturated carbocycles. The molecule has 0 aromatic heterocycles. The lowest BCUT2D eigenvalue weighted by atomic mass is 10.0. The largest absolute Gasteiger partial charge is 0.756 e. The molecule has 0 heterocycles. The molecule has 0 aliphatic heterocycles.